The molecule has 0 bridgehead atoms. The number of rotatable bonds is 4. The molecule has 2 heterocycles. The first-order valence-electron chi connectivity index (χ1n) is 8.47. The van der Waals surface area contributed by atoms with Gasteiger partial charge in [-0.3, -0.25) is 9.59 Å². The van der Waals surface area contributed by atoms with Crippen LogP contribution in [0.15, 0.2) is 24.3 Å². The van der Waals surface area contributed by atoms with Gasteiger partial charge in [0.25, 0.3) is 5.91 Å². The standard InChI is InChI=1S/C18H21FN4O3/c1-11(2)18(17(25)26)8-9-22(10-18)16(24)15-20-12(3)23(21-15)14-6-4-13(19)5-7-14/h4-7,11H,8-10H2,1-3H3,(H,25,26). The van der Waals surface area contributed by atoms with Crippen LogP contribution in [0.3, 0.4) is 0 Å². The Bertz CT molecular complexity index is 847. The summed E-state index contributed by atoms with van der Waals surface area (Å²) in [4.78, 5) is 30.2. The Morgan fingerprint density at radius 3 is 2.46 bits per heavy atom. The summed E-state index contributed by atoms with van der Waals surface area (Å²) < 4.78 is 14.6. The second-order valence-electron chi connectivity index (χ2n) is 6.96. The maximum Gasteiger partial charge on any atom is 0.311 e. The van der Waals surface area contributed by atoms with Gasteiger partial charge in [0.15, 0.2) is 0 Å². The zero-order valence-corrected chi connectivity index (χ0v) is 14.9. The largest absolute Gasteiger partial charge is 0.481 e. The van der Waals surface area contributed by atoms with Crippen LogP contribution in [-0.4, -0.2) is 49.7 Å². The summed E-state index contributed by atoms with van der Waals surface area (Å²) in [6, 6.07) is 5.72. The molecule has 8 heteroatoms. The fourth-order valence-electron chi connectivity index (χ4n) is 3.35. The number of carbonyl (C=O) groups is 2. The highest BCUT2D eigenvalue weighted by atomic mass is 19.1. The van der Waals surface area contributed by atoms with Crippen LogP contribution in [0.1, 0.15) is 36.7 Å². The molecule has 26 heavy (non-hydrogen) atoms. The summed E-state index contributed by atoms with van der Waals surface area (Å²) in [5.41, 5.74) is -0.344. The van der Waals surface area contributed by atoms with E-state index in [1.165, 1.54) is 21.7 Å². The molecule has 1 aromatic heterocycles. The number of hydrogen-bond acceptors (Lipinski definition) is 4. The number of aryl methyl sites for hydroxylation is 1. The van der Waals surface area contributed by atoms with Crippen LogP contribution in [0.5, 0.6) is 0 Å². The Kier molecular flexibility index (Phi) is 4.52. The van der Waals surface area contributed by atoms with Crippen LogP contribution in [0.2, 0.25) is 0 Å². The predicted molar refractivity (Wildman–Crippen MR) is 91.5 cm³/mol. The van der Waals surface area contributed by atoms with Gasteiger partial charge in [0, 0.05) is 13.1 Å². The molecule has 1 aliphatic rings. The van der Waals surface area contributed by atoms with Crippen molar-refractivity contribution >= 4 is 11.9 Å². The van der Waals surface area contributed by atoms with E-state index in [1.54, 1.807) is 19.1 Å². The number of likely N-dealkylation sites (tertiary alicyclic amines) is 1. The quantitative estimate of drug-likeness (QED) is 0.904. The van der Waals surface area contributed by atoms with Gasteiger partial charge in [0.05, 0.1) is 11.1 Å². The molecule has 1 aromatic carbocycles. The minimum Gasteiger partial charge on any atom is -0.481 e. The number of aromatic nitrogens is 3. The number of halogens is 1. The molecule has 0 aliphatic carbocycles. The average Bonchev–Trinajstić information content (AvgIpc) is 3.20. The monoisotopic (exact) mass is 360 g/mol. The third-order valence-electron chi connectivity index (χ3n) is 5.15. The highest BCUT2D eigenvalue weighted by molar-refractivity contribution is 5.91. The van der Waals surface area contributed by atoms with Crippen LogP contribution in [0.4, 0.5) is 4.39 Å². The minimum absolute atomic E-state index is 0.0109. The van der Waals surface area contributed by atoms with Crippen molar-refractivity contribution in [2.45, 2.75) is 27.2 Å². The smallest absolute Gasteiger partial charge is 0.311 e. The van der Waals surface area contributed by atoms with Crippen molar-refractivity contribution in [3.63, 3.8) is 0 Å². The maximum atomic E-state index is 13.1. The number of amides is 1. The number of benzene rings is 1. The van der Waals surface area contributed by atoms with Gasteiger partial charge in [0.1, 0.15) is 11.6 Å². The van der Waals surface area contributed by atoms with Crippen LogP contribution in [0, 0.1) is 24.1 Å². The molecule has 0 saturated carbocycles. The Morgan fingerprint density at radius 2 is 1.92 bits per heavy atom. The zero-order valence-electron chi connectivity index (χ0n) is 14.9. The van der Waals surface area contributed by atoms with Gasteiger partial charge in [-0.15, -0.1) is 5.10 Å². The van der Waals surface area contributed by atoms with Crippen molar-refractivity contribution in [1.29, 1.82) is 0 Å². The normalized spacial score (nSPS) is 20.0. The number of carboxylic acids is 1. The first-order chi connectivity index (χ1) is 12.2. The lowest BCUT2D eigenvalue weighted by atomic mass is 9.76. The molecule has 1 aliphatic heterocycles. The lowest BCUT2D eigenvalue weighted by molar-refractivity contribution is -0.150. The van der Waals surface area contributed by atoms with E-state index in [4.69, 9.17) is 0 Å². The fraction of sp³-hybridized carbons (Fsp3) is 0.444. The van der Waals surface area contributed by atoms with E-state index in [0.29, 0.717) is 24.5 Å². The second-order valence-corrected chi connectivity index (χ2v) is 6.96. The summed E-state index contributed by atoms with van der Waals surface area (Å²) in [6.07, 6.45) is 0.406. The molecular weight excluding hydrogens is 339 g/mol. The molecule has 1 saturated heterocycles. The summed E-state index contributed by atoms with van der Waals surface area (Å²) >= 11 is 0. The third-order valence-corrected chi connectivity index (χ3v) is 5.15. The average molecular weight is 360 g/mol. The Balaban J connectivity index is 1.85. The summed E-state index contributed by atoms with van der Waals surface area (Å²) in [5, 5.41) is 13.9. The molecule has 2 aromatic rings. The van der Waals surface area contributed by atoms with Gasteiger partial charge < -0.3 is 10.0 Å². The topological polar surface area (TPSA) is 88.3 Å². The lowest BCUT2D eigenvalue weighted by Crippen LogP contribution is -2.40. The van der Waals surface area contributed by atoms with Crippen LogP contribution in [-0.2, 0) is 4.79 Å². The number of carboxylic acid groups (broad SMARTS) is 1. The molecule has 1 fully saturated rings. The van der Waals surface area contributed by atoms with Crippen LogP contribution >= 0.6 is 0 Å². The number of hydrogen-bond donors (Lipinski definition) is 1. The minimum atomic E-state index is -0.940. The van der Waals surface area contributed by atoms with E-state index in [9.17, 15) is 19.1 Å². The Morgan fingerprint density at radius 1 is 1.27 bits per heavy atom. The molecule has 7 nitrogen and oxygen atoms in total. The fourth-order valence-corrected chi connectivity index (χ4v) is 3.35. The van der Waals surface area contributed by atoms with Gasteiger partial charge in [-0.25, -0.2) is 14.1 Å². The summed E-state index contributed by atoms with van der Waals surface area (Å²) in [6.45, 7) is 5.91. The number of nitrogens with zero attached hydrogens (tertiary/aromatic N) is 4. The molecule has 0 radical (unpaired) electrons. The predicted octanol–water partition coefficient (Wildman–Crippen LogP) is 2.29. The van der Waals surface area contributed by atoms with Gasteiger partial charge in [0.2, 0.25) is 5.82 Å². The van der Waals surface area contributed by atoms with E-state index < -0.39 is 17.3 Å². The molecule has 3 rings (SSSR count). The van der Waals surface area contributed by atoms with E-state index >= 15 is 0 Å². The number of carbonyl (C=O) groups excluding carboxylic acids is 1. The first kappa shape index (κ1) is 18.0. The lowest BCUT2D eigenvalue weighted by Gasteiger charge is -2.28. The van der Waals surface area contributed by atoms with Gasteiger partial charge in [-0.05, 0) is 43.5 Å². The molecule has 138 valence electrons. The zero-order chi connectivity index (χ0) is 19.1. The molecular formula is C18H21FN4O3. The van der Waals surface area contributed by atoms with Gasteiger partial charge in [-0.2, -0.15) is 0 Å². The van der Waals surface area contributed by atoms with Gasteiger partial charge in [-0.1, -0.05) is 13.8 Å². The number of aliphatic carboxylic acids is 1. The Labute approximate surface area is 150 Å². The van der Waals surface area contributed by atoms with Crippen LogP contribution in [0.25, 0.3) is 5.69 Å². The van der Waals surface area contributed by atoms with Crippen molar-refractivity contribution in [1.82, 2.24) is 19.7 Å². The second kappa shape index (κ2) is 6.51. The third kappa shape index (κ3) is 2.95. The molecule has 1 atom stereocenters. The highest BCUT2D eigenvalue weighted by Crippen LogP contribution is 2.38. The first-order valence-corrected chi connectivity index (χ1v) is 8.47. The van der Waals surface area contributed by atoms with Crippen LogP contribution < -0.4 is 0 Å². The van der Waals surface area contributed by atoms with Crippen molar-refractivity contribution in [3.8, 4) is 5.69 Å². The van der Waals surface area contributed by atoms with E-state index in [0.717, 1.165) is 0 Å². The maximum absolute atomic E-state index is 13.1. The molecule has 1 N–H and O–H groups in total. The van der Waals surface area contributed by atoms with Crippen molar-refractivity contribution in [3.05, 3.63) is 41.7 Å². The molecule has 1 unspecified atom stereocenters. The summed E-state index contributed by atoms with van der Waals surface area (Å²) in [5.74, 6) is -1.23. The van der Waals surface area contributed by atoms with Gasteiger partial charge >= 0.3 is 5.97 Å². The van der Waals surface area contributed by atoms with E-state index in [1.807, 2.05) is 13.8 Å². The molecule has 1 amide bonds. The SMILES string of the molecule is Cc1nc(C(=O)N2CCC(C(=O)O)(C(C)C)C2)nn1-c1ccc(F)cc1. The van der Waals surface area contributed by atoms with E-state index in [2.05, 4.69) is 10.1 Å². The summed E-state index contributed by atoms with van der Waals surface area (Å²) in [7, 11) is 0. The van der Waals surface area contributed by atoms with Crippen molar-refractivity contribution < 1.29 is 19.1 Å². The van der Waals surface area contributed by atoms with Crippen molar-refractivity contribution in [2.75, 3.05) is 13.1 Å². The highest BCUT2D eigenvalue weighted by Gasteiger charge is 2.49. The van der Waals surface area contributed by atoms with E-state index in [-0.39, 0.29) is 24.1 Å². The van der Waals surface area contributed by atoms with Crippen molar-refractivity contribution in [2.24, 2.45) is 11.3 Å². The Hall–Kier alpha value is -2.77. The molecule has 0 spiro atoms.